The fraction of sp³-hybridized carbons (Fsp3) is 0.417. The van der Waals surface area contributed by atoms with E-state index in [0.29, 0.717) is 13.0 Å². The molecule has 2 N–H and O–H groups in total. The normalized spacial score (nSPS) is 11.9. The van der Waals surface area contributed by atoms with Gasteiger partial charge in [-0.15, -0.1) is 0 Å². The van der Waals surface area contributed by atoms with Crippen molar-refractivity contribution in [2.45, 2.75) is 19.4 Å². The Balaban J connectivity index is 2.61. The molecule has 0 spiro atoms. The smallest absolute Gasteiger partial charge is 0.123 e. The average Bonchev–Trinajstić information content (AvgIpc) is 2.31. The molecule has 0 radical (unpaired) electrons. The molecule has 0 saturated carbocycles. The summed E-state index contributed by atoms with van der Waals surface area (Å²) in [4.78, 5) is 2.07. The summed E-state index contributed by atoms with van der Waals surface area (Å²) in [5, 5.41) is 8.58. The van der Waals surface area contributed by atoms with Crippen molar-refractivity contribution < 1.29 is 4.39 Å². The molecule has 0 aliphatic carbocycles. The van der Waals surface area contributed by atoms with Crippen LogP contribution in [0.3, 0.4) is 0 Å². The van der Waals surface area contributed by atoms with Crippen molar-refractivity contribution in [2.24, 2.45) is 5.73 Å². The van der Waals surface area contributed by atoms with Crippen molar-refractivity contribution in [3.05, 3.63) is 30.1 Å². The quantitative estimate of drug-likeness (QED) is 0.826. The second kappa shape index (κ2) is 6.09. The minimum atomic E-state index is -0.436. The van der Waals surface area contributed by atoms with Crippen molar-refractivity contribution in [1.29, 1.82) is 5.26 Å². The first kappa shape index (κ1) is 12.5. The summed E-state index contributed by atoms with van der Waals surface area (Å²) < 4.78 is 12.7. The van der Waals surface area contributed by atoms with Gasteiger partial charge >= 0.3 is 0 Å². The topological polar surface area (TPSA) is 53.0 Å². The second-order valence-electron chi connectivity index (χ2n) is 3.58. The highest BCUT2D eigenvalue weighted by atomic mass is 19.1. The molecular weight excluding hydrogens is 205 g/mol. The number of rotatable bonds is 5. The zero-order valence-electron chi connectivity index (χ0n) is 9.36. The van der Waals surface area contributed by atoms with Crippen LogP contribution in [0.2, 0.25) is 0 Å². The van der Waals surface area contributed by atoms with Gasteiger partial charge in [0.15, 0.2) is 0 Å². The van der Waals surface area contributed by atoms with Gasteiger partial charge < -0.3 is 10.6 Å². The summed E-state index contributed by atoms with van der Waals surface area (Å²) in [6.45, 7) is 3.53. The molecular formula is C12H16FN3. The van der Waals surface area contributed by atoms with Crippen LogP contribution in [-0.2, 0) is 0 Å². The Labute approximate surface area is 95.3 Å². The lowest BCUT2D eigenvalue weighted by atomic mass is 10.2. The maximum absolute atomic E-state index is 12.7. The summed E-state index contributed by atoms with van der Waals surface area (Å²) in [7, 11) is 0. The van der Waals surface area contributed by atoms with E-state index in [1.54, 1.807) is 12.1 Å². The van der Waals surface area contributed by atoms with Gasteiger partial charge in [-0.05, 0) is 37.6 Å². The molecule has 0 bridgehead atoms. The van der Waals surface area contributed by atoms with E-state index in [1.807, 2.05) is 13.0 Å². The van der Waals surface area contributed by atoms with Crippen molar-refractivity contribution in [2.75, 3.05) is 18.0 Å². The minimum absolute atomic E-state index is 0.242. The van der Waals surface area contributed by atoms with Gasteiger partial charge in [0.1, 0.15) is 5.82 Å². The Morgan fingerprint density at radius 2 is 2.06 bits per heavy atom. The van der Waals surface area contributed by atoms with Crippen LogP contribution in [0.5, 0.6) is 0 Å². The van der Waals surface area contributed by atoms with E-state index in [0.717, 1.165) is 12.2 Å². The van der Waals surface area contributed by atoms with Gasteiger partial charge in [-0.1, -0.05) is 0 Å². The highest BCUT2D eigenvalue weighted by Gasteiger charge is 2.07. The van der Waals surface area contributed by atoms with Gasteiger partial charge in [0.25, 0.3) is 0 Å². The summed E-state index contributed by atoms with van der Waals surface area (Å²) in [5.41, 5.74) is 6.48. The molecule has 0 aliphatic rings. The number of halogens is 1. The molecule has 0 heterocycles. The monoisotopic (exact) mass is 221 g/mol. The van der Waals surface area contributed by atoms with Crippen LogP contribution in [0.1, 0.15) is 13.3 Å². The van der Waals surface area contributed by atoms with Gasteiger partial charge in [-0.3, -0.25) is 0 Å². The summed E-state index contributed by atoms with van der Waals surface area (Å²) in [5.74, 6) is -0.242. The molecule has 1 rings (SSSR count). The second-order valence-corrected chi connectivity index (χ2v) is 3.58. The summed E-state index contributed by atoms with van der Waals surface area (Å²) in [6, 6.07) is 7.89. The van der Waals surface area contributed by atoms with Gasteiger partial charge in [-0.2, -0.15) is 5.26 Å². The van der Waals surface area contributed by atoms with Crippen LogP contribution in [-0.4, -0.2) is 19.1 Å². The van der Waals surface area contributed by atoms with E-state index < -0.39 is 6.04 Å². The number of hydrogen-bond acceptors (Lipinski definition) is 3. The van der Waals surface area contributed by atoms with E-state index in [2.05, 4.69) is 4.90 Å². The molecule has 1 aromatic rings. The maximum atomic E-state index is 12.7. The predicted molar refractivity (Wildman–Crippen MR) is 62.5 cm³/mol. The molecule has 0 saturated heterocycles. The number of nitriles is 1. The average molecular weight is 221 g/mol. The molecule has 0 fully saturated rings. The molecule has 86 valence electrons. The zero-order chi connectivity index (χ0) is 12.0. The van der Waals surface area contributed by atoms with Crippen molar-refractivity contribution in [3.63, 3.8) is 0 Å². The number of nitrogens with zero attached hydrogens (tertiary/aromatic N) is 2. The third kappa shape index (κ3) is 3.52. The lowest BCUT2D eigenvalue weighted by Gasteiger charge is -2.23. The molecule has 1 atom stereocenters. The Morgan fingerprint density at radius 3 is 2.56 bits per heavy atom. The molecule has 16 heavy (non-hydrogen) atoms. The number of benzene rings is 1. The number of hydrogen-bond donors (Lipinski definition) is 1. The molecule has 0 aromatic heterocycles. The summed E-state index contributed by atoms with van der Waals surface area (Å²) in [6.07, 6.45) is 0.613. The van der Waals surface area contributed by atoms with Crippen molar-refractivity contribution in [1.82, 2.24) is 0 Å². The molecule has 0 amide bonds. The summed E-state index contributed by atoms with van der Waals surface area (Å²) >= 11 is 0. The Bertz CT molecular complexity index is 356. The van der Waals surface area contributed by atoms with Crippen LogP contribution >= 0.6 is 0 Å². The predicted octanol–water partition coefficient (Wildman–Crippen LogP) is 1.89. The van der Waals surface area contributed by atoms with Crippen LogP contribution in [0.15, 0.2) is 24.3 Å². The minimum Gasteiger partial charge on any atom is -0.372 e. The standard InChI is InChI=1S/C12H16FN3/c1-2-16(8-7-11(15)9-14)12-5-3-10(13)4-6-12/h3-6,11H,2,7-8,15H2,1H3. The van der Waals surface area contributed by atoms with Gasteiger partial charge in [0.2, 0.25) is 0 Å². The molecule has 1 unspecified atom stereocenters. The van der Waals surface area contributed by atoms with Gasteiger partial charge in [0.05, 0.1) is 12.1 Å². The van der Waals surface area contributed by atoms with E-state index in [1.165, 1.54) is 12.1 Å². The largest absolute Gasteiger partial charge is 0.372 e. The fourth-order valence-corrected chi connectivity index (χ4v) is 1.48. The first-order valence-corrected chi connectivity index (χ1v) is 5.33. The zero-order valence-corrected chi connectivity index (χ0v) is 9.36. The number of nitrogens with two attached hydrogens (primary N) is 1. The van der Waals surface area contributed by atoms with Gasteiger partial charge in [0, 0.05) is 18.8 Å². The lowest BCUT2D eigenvalue weighted by Crippen LogP contribution is -2.29. The van der Waals surface area contributed by atoms with E-state index in [4.69, 9.17) is 11.0 Å². The SMILES string of the molecule is CCN(CCC(N)C#N)c1ccc(F)cc1. The maximum Gasteiger partial charge on any atom is 0.123 e. The Kier molecular flexibility index (Phi) is 4.74. The highest BCUT2D eigenvalue weighted by molar-refractivity contribution is 5.46. The van der Waals surface area contributed by atoms with Crippen LogP contribution in [0.4, 0.5) is 10.1 Å². The third-order valence-corrected chi connectivity index (χ3v) is 2.45. The Morgan fingerprint density at radius 1 is 1.44 bits per heavy atom. The Hall–Kier alpha value is -1.60. The van der Waals surface area contributed by atoms with Crippen molar-refractivity contribution in [3.8, 4) is 6.07 Å². The fourth-order valence-electron chi connectivity index (χ4n) is 1.48. The number of anilines is 1. The third-order valence-electron chi connectivity index (χ3n) is 2.45. The molecule has 0 aliphatic heterocycles. The highest BCUT2D eigenvalue weighted by Crippen LogP contribution is 2.14. The van der Waals surface area contributed by atoms with Crippen LogP contribution in [0, 0.1) is 17.1 Å². The van der Waals surface area contributed by atoms with E-state index in [9.17, 15) is 4.39 Å². The lowest BCUT2D eigenvalue weighted by molar-refractivity contribution is 0.627. The van der Waals surface area contributed by atoms with Crippen molar-refractivity contribution >= 4 is 5.69 Å². The first-order valence-electron chi connectivity index (χ1n) is 5.33. The van der Waals surface area contributed by atoms with Crippen LogP contribution in [0.25, 0.3) is 0 Å². The molecule has 3 nitrogen and oxygen atoms in total. The van der Waals surface area contributed by atoms with Gasteiger partial charge in [-0.25, -0.2) is 4.39 Å². The molecule has 4 heteroatoms. The molecule has 1 aromatic carbocycles. The van der Waals surface area contributed by atoms with E-state index >= 15 is 0 Å². The first-order chi connectivity index (χ1) is 7.67. The van der Waals surface area contributed by atoms with E-state index in [-0.39, 0.29) is 5.82 Å². The van der Waals surface area contributed by atoms with Crippen LogP contribution < -0.4 is 10.6 Å².